The van der Waals surface area contributed by atoms with Crippen LogP contribution in [0.5, 0.6) is 0 Å². The number of aromatic nitrogens is 1. The van der Waals surface area contributed by atoms with Gasteiger partial charge in [0.2, 0.25) is 0 Å². The van der Waals surface area contributed by atoms with Crippen molar-refractivity contribution < 1.29 is 4.79 Å². The number of thiophene rings is 1. The first-order valence-electron chi connectivity index (χ1n) is 9.84. The standard InChI is InChI=1S/C24H25N3OS/c1-4-27-21-9-6-5-8-19(21)20(23(27)22-10-7-11-29-22)15-25-24(28)26-18-13-16(2)12-17(3)14-18/h5-14H,4,15H2,1-3H3,(H2,25,26,28). The largest absolute Gasteiger partial charge is 0.340 e. The molecule has 0 aliphatic heterocycles. The van der Waals surface area contributed by atoms with Crippen molar-refractivity contribution in [2.45, 2.75) is 33.9 Å². The molecular formula is C24H25N3OS. The monoisotopic (exact) mass is 403 g/mol. The Labute approximate surface area is 175 Å². The molecule has 2 N–H and O–H groups in total. The summed E-state index contributed by atoms with van der Waals surface area (Å²) in [4.78, 5) is 13.8. The second kappa shape index (κ2) is 8.13. The highest BCUT2D eigenvalue weighted by Gasteiger charge is 2.18. The molecule has 148 valence electrons. The van der Waals surface area contributed by atoms with Gasteiger partial charge in [-0.15, -0.1) is 11.3 Å². The molecule has 2 amide bonds. The number of hydrogen-bond acceptors (Lipinski definition) is 2. The molecule has 4 rings (SSSR count). The van der Waals surface area contributed by atoms with E-state index in [1.165, 1.54) is 21.5 Å². The minimum absolute atomic E-state index is 0.194. The van der Waals surface area contributed by atoms with E-state index in [4.69, 9.17) is 0 Å². The number of rotatable bonds is 5. The molecular weight excluding hydrogens is 378 g/mol. The third kappa shape index (κ3) is 3.91. The van der Waals surface area contributed by atoms with Crippen LogP contribution in [0.4, 0.5) is 10.5 Å². The molecule has 0 saturated carbocycles. The van der Waals surface area contributed by atoms with Crippen LogP contribution < -0.4 is 10.6 Å². The summed E-state index contributed by atoms with van der Waals surface area (Å²) in [6, 6.07) is 18.5. The molecule has 0 unspecified atom stereocenters. The Morgan fingerprint density at radius 3 is 2.48 bits per heavy atom. The van der Waals surface area contributed by atoms with Crippen LogP contribution >= 0.6 is 11.3 Å². The third-order valence-corrected chi connectivity index (χ3v) is 5.93. The van der Waals surface area contributed by atoms with E-state index >= 15 is 0 Å². The van der Waals surface area contributed by atoms with Crippen LogP contribution in [-0.4, -0.2) is 10.6 Å². The van der Waals surface area contributed by atoms with E-state index in [1.807, 2.05) is 26.0 Å². The summed E-state index contributed by atoms with van der Waals surface area (Å²) in [5, 5.41) is 9.30. The molecule has 29 heavy (non-hydrogen) atoms. The van der Waals surface area contributed by atoms with Gasteiger partial charge in [0.05, 0.1) is 10.6 Å². The molecule has 0 radical (unpaired) electrons. The number of para-hydroxylation sites is 1. The number of carbonyl (C=O) groups excluding carboxylic acids is 1. The van der Waals surface area contributed by atoms with Crippen LogP contribution in [0.3, 0.4) is 0 Å². The number of hydrogen-bond donors (Lipinski definition) is 2. The lowest BCUT2D eigenvalue weighted by Crippen LogP contribution is -2.28. The van der Waals surface area contributed by atoms with Crippen LogP contribution in [0, 0.1) is 13.8 Å². The Balaban J connectivity index is 1.64. The first-order valence-corrected chi connectivity index (χ1v) is 10.7. The normalized spacial score (nSPS) is 11.0. The van der Waals surface area contributed by atoms with E-state index in [0.29, 0.717) is 6.54 Å². The highest BCUT2D eigenvalue weighted by Crippen LogP contribution is 2.36. The number of nitrogens with zero attached hydrogens (tertiary/aromatic N) is 1. The van der Waals surface area contributed by atoms with E-state index in [-0.39, 0.29) is 6.03 Å². The average molecular weight is 404 g/mol. The molecule has 2 aromatic carbocycles. The van der Waals surface area contributed by atoms with Crippen molar-refractivity contribution in [2.24, 2.45) is 0 Å². The maximum atomic E-state index is 12.6. The van der Waals surface area contributed by atoms with E-state index in [9.17, 15) is 4.79 Å². The van der Waals surface area contributed by atoms with Crippen molar-refractivity contribution in [3.8, 4) is 10.6 Å². The zero-order chi connectivity index (χ0) is 20.4. The van der Waals surface area contributed by atoms with Gasteiger partial charge in [0.25, 0.3) is 0 Å². The SMILES string of the molecule is CCn1c(-c2cccs2)c(CNC(=O)Nc2cc(C)cc(C)c2)c2ccccc21. The lowest BCUT2D eigenvalue weighted by molar-refractivity contribution is 0.252. The van der Waals surface area contributed by atoms with Crippen LogP contribution in [0.1, 0.15) is 23.6 Å². The summed E-state index contributed by atoms with van der Waals surface area (Å²) in [6.07, 6.45) is 0. The quantitative estimate of drug-likeness (QED) is 0.402. The van der Waals surface area contributed by atoms with Crippen LogP contribution in [-0.2, 0) is 13.1 Å². The maximum Gasteiger partial charge on any atom is 0.319 e. The fourth-order valence-electron chi connectivity index (χ4n) is 3.97. The maximum absolute atomic E-state index is 12.6. The minimum Gasteiger partial charge on any atom is -0.340 e. The number of amides is 2. The van der Waals surface area contributed by atoms with Gasteiger partial charge in [-0.05, 0) is 61.5 Å². The fourth-order valence-corrected chi connectivity index (χ4v) is 4.77. The van der Waals surface area contributed by atoms with Crippen molar-refractivity contribution in [2.75, 3.05) is 5.32 Å². The minimum atomic E-state index is -0.194. The van der Waals surface area contributed by atoms with Crippen molar-refractivity contribution in [1.82, 2.24) is 9.88 Å². The zero-order valence-corrected chi connectivity index (χ0v) is 17.8. The topological polar surface area (TPSA) is 46.1 Å². The van der Waals surface area contributed by atoms with Crippen molar-refractivity contribution in [1.29, 1.82) is 0 Å². The molecule has 5 heteroatoms. The van der Waals surface area contributed by atoms with E-state index in [1.54, 1.807) is 11.3 Å². The molecule has 0 fully saturated rings. The fraction of sp³-hybridized carbons (Fsp3) is 0.208. The number of fused-ring (bicyclic) bond motifs is 1. The summed E-state index contributed by atoms with van der Waals surface area (Å²) in [6.45, 7) is 7.57. The number of aryl methyl sites for hydroxylation is 3. The third-order valence-electron chi connectivity index (χ3n) is 5.05. The first kappa shape index (κ1) is 19.3. The summed E-state index contributed by atoms with van der Waals surface area (Å²) in [7, 11) is 0. The molecule has 0 aliphatic carbocycles. The number of urea groups is 1. The summed E-state index contributed by atoms with van der Waals surface area (Å²) < 4.78 is 2.33. The molecule has 0 saturated heterocycles. The Morgan fingerprint density at radius 1 is 1.03 bits per heavy atom. The van der Waals surface area contributed by atoms with E-state index in [2.05, 4.69) is 70.0 Å². The second-order valence-corrected chi connectivity index (χ2v) is 8.20. The van der Waals surface area contributed by atoms with Gasteiger partial charge < -0.3 is 15.2 Å². The molecule has 4 aromatic rings. The van der Waals surface area contributed by atoms with Crippen molar-refractivity contribution in [3.05, 3.63) is 76.7 Å². The van der Waals surface area contributed by atoms with E-state index in [0.717, 1.165) is 28.9 Å². The number of benzene rings is 2. The van der Waals surface area contributed by atoms with Gasteiger partial charge >= 0.3 is 6.03 Å². The molecule has 0 bridgehead atoms. The van der Waals surface area contributed by atoms with E-state index < -0.39 is 0 Å². The summed E-state index contributed by atoms with van der Waals surface area (Å²) in [5.74, 6) is 0. The molecule has 2 heterocycles. The van der Waals surface area contributed by atoms with Gasteiger partial charge in [-0.1, -0.05) is 30.3 Å². The van der Waals surface area contributed by atoms with Crippen molar-refractivity contribution >= 4 is 34.0 Å². The smallest absolute Gasteiger partial charge is 0.319 e. The number of nitrogens with one attached hydrogen (secondary N) is 2. The summed E-state index contributed by atoms with van der Waals surface area (Å²) in [5.41, 5.74) is 6.62. The molecule has 2 aromatic heterocycles. The Hall–Kier alpha value is -3.05. The van der Waals surface area contributed by atoms with Crippen LogP contribution in [0.2, 0.25) is 0 Å². The highest BCUT2D eigenvalue weighted by atomic mass is 32.1. The Kier molecular flexibility index (Phi) is 5.41. The molecule has 0 aliphatic rings. The number of carbonyl (C=O) groups is 1. The lowest BCUT2D eigenvalue weighted by Gasteiger charge is -2.11. The highest BCUT2D eigenvalue weighted by molar-refractivity contribution is 7.13. The van der Waals surface area contributed by atoms with Gasteiger partial charge in [0.15, 0.2) is 0 Å². The van der Waals surface area contributed by atoms with Gasteiger partial charge in [0.1, 0.15) is 0 Å². The van der Waals surface area contributed by atoms with Crippen molar-refractivity contribution in [3.63, 3.8) is 0 Å². The Morgan fingerprint density at radius 2 is 1.79 bits per heavy atom. The predicted octanol–water partition coefficient (Wildman–Crippen LogP) is 6.33. The van der Waals surface area contributed by atoms with Crippen LogP contribution in [0.15, 0.2) is 60.0 Å². The van der Waals surface area contributed by atoms with Crippen LogP contribution in [0.25, 0.3) is 21.5 Å². The van der Waals surface area contributed by atoms with Gasteiger partial charge in [-0.25, -0.2) is 4.79 Å². The summed E-state index contributed by atoms with van der Waals surface area (Å²) >= 11 is 1.73. The molecule has 4 nitrogen and oxygen atoms in total. The molecule has 0 atom stereocenters. The first-order chi connectivity index (χ1) is 14.1. The Bertz CT molecular complexity index is 1140. The zero-order valence-electron chi connectivity index (χ0n) is 17.0. The van der Waals surface area contributed by atoms with Gasteiger partial charge in [-0.2, -0.15) is 0 Å². The second-order valence-electron chi connectivity index (χ2n) is 7.25. The van der Waals surface area contributed by atoms with Gasteiger partial charge in [0, 0.05) is 35.2 Å². The molecule has 0 spiro atoms. The average Bonchev–Trinajstić information content (AvgIpc) is 3.31. The predicted molar refractivity (Wildman–Crippen MR) is 123 cm³/mol. The van der Waals surface area contributed by atoms with Gasteiger partial charge in [-0.3, -0.25) is 0 Å². The lowest BCUT2D eigenvalue weighted by atomic mass is 10.1. The number of anilines is 1.